The molecule has 9 nitrogen and oxygen atoms in total. The summed E-state index contributed by atoms with van der Waals surface area (Å²) in [6, 6.07) is 13.7. The van der Waals surface area contributed by atoms with Crippen LogP contribution in [0.25, 0.3) is 28.2 Å². The maximum atomic E-state index is 10.9. The number of aromatic nitrogens is 3. The van der Waals surface area contributed by atoms with Gasteiger partial charge in [-0.05, 0) is 47.5 Å². The van der Waals surface area contributed by atoms with E-state index in [1.165, 1.54) is 12.1 Å². The molecule has 0 radical (unpaired) electrons. The van der Waals surface area contributed by atoms with Crippen molar-refractivity contribution in [3.8, 4) is 39.8 Å². The Morgan fingerprint density at radius 1 is 0.833 bits per heavy atom. The molecular formula is C21H18N4O5. The summed E-state index contributed by atoms with van der Waals surface area (Å²) in [4.78, 5) is 10.5. The number of ether oxygens (including phenoxy) is 3. The lowest BCUT2D eigenvalue weighted by Gasteiger charge is -2.13. The van der Waals surface area contributed by atoms with Crippen LogP contribution in [-0.4, -0.2) is 40.9 Å². The van der Waals surface area contributed by atoms with Gasteiger partial charge in [-0.2, -0.15) is 0 Å². The standard InChI is InChI=1S/C21H18N4O5/c1-28-17-10-15(11-18(29-2)20(17)30-3)21-23-22-19-9-6-14(12-24(19)21)13-4-7-16(8-5-13)25(26)27/h4-12H,1-3H3. The third-order valence-electron chi connectivity index (χ3n) is 4.74. The molecule has 0 saturated carbocycles. The van der Waals surface area contributed by atoms with Crippen molar-refractivity contribution in [3.63, 3.8) is 0 Å². The third kappa shape index (κ3) is 3.26. The van der Waals surface area contributed by atoms with Crippen LogP contribution in [0.5, 0.6) is 17.2 Å². The molecule has 0 N–H and O–H groups in total. The molecule has 152 valence electrons. The van der Waals surface area contributed by atoms with Gasteiger partial charge in [-0.25, -0.2) is 0 Å². The minimum absolute atomic E-state index is 0.0437. The minimum Gasteiger partial charge on any atom is -0.493 e. The molecule has 0 fully saturated rings. The van der Waals surface area contributed by atoms with E-state index in [2.05, 4.69) is 10.2 Å². The summed E-state index contributed by atoms with van der Waals surface area (Å²) in [7, 11) is 4.65. The smallest absolute Gasteiger partial charge is 0.269 e. The highest BCUT2D eigenvalue weighted by molar-refractivity contribution is 5.71. The highest BCUT2D eigenvalue weighted by Gasteiger charge is 2.17. The second kappa shape index (κ2) is 7.70. The molecule has 2 heterocycles. The van der Waals surface area contributed by atoms with Crippen molar-refractivity contribution in [3.05, 3.63) is 64.8 Å². The van der Waals surface area contributed by atoms with Gasteiger partial charge in [0, 0.05) is 23.9 Å². The van der Waals surface area contributed by atoms with E-state index < -0.39 is 4.92 Å². The monoisotopic (exact) mass is 406 g/mol. The van der Waals surface area contributed by atoms with E-state index in [0.29, 0.717) is 28.7 Å². The molecule has 2 aromatic carbocycles. The fourth-order valence-corrected chi connectivity index (χ4v) is 3.24. The molecule has 0 aliphatic rings. The second-order valence-electron chi connectivity index (χ2n) is 6.39. The molecule has 0 bridgehead atoms. The molecule has 4 aromatic rings. The maximum Gasteiger partial charge on any atom is 0.269 e. The van der Waals surface area contributed by atoms with Gasteiger partial charge in [0.05, 0.1) is 26.3 Å². The zero-order chi connectivity index (χ0) is 21.3. The Kier molecular flexibility index (Phi) is 4.93. The average Bonchev–Trinajstić information content (AvgIpc) is 3.21. The summed E-state index contributed by atoms with van der Waals surface area (Å²) in [5.74, 6) is 2.10. The topological polar surface area (TPSA) is 101 Å². The van der Waals surface area contributed by atoms with Gasteiger partial charge < -0.3 is 14.2 Å². The summed E-state index contributed by atoms with van der Waals surface area (Å²) in [5, 5.41) is 19.4. The number of hydrogen-bond acceptors (Lipinski definition) is 7. The summed E-state index contributed by atoms with van der Waals surface area (Å²) in [6.45, 7) is 0. The first-order chi connectivity index (χ1) is 14.5. The molecule has 2 aromatic heterocycles. The fraction of sp³-hybridized carbons (Fsp3) is 0.143. The Labute approximate surface area is 171 Å². The van der Waals surface area contributed by atoms with Crippen LogP contribution in [-0.2, 0) is 0 Å². The van der Waals surface area contributed by atoms with Crippen molar-refractivity contribution >= 4 is 11.3 Å². The molecule has 0 spiro atoms. The molecule has 4 rings (SSSR count). The van der Waals surface area contributed by atoms with Gasteiger partial charge >= 0.3 is 0 Å². The Morgan fingerprint density at radius 2 is 1.47 bits per heavy atom. The molecule has 0 amide bonds. The highest BCUT2D eigenvalue weighted by Crippen LogP contribution is 2.41. The molecular weight excluding hydrogens is 388 g/mol. The van der Waals surface area contributed by atoms with E-state index in [1.807, 2.05) is 22.7 Å². The van der Waals surface area contributed by atoms with Crippen molar-refractivity contribution in [2.45, 2.75) is 0 Å². The first-order valence-corrected chi connectivity index (χ1v) is 8.95. The Morgan fingerprint density at radius 3 is 2.03 bits per heavy atom. The predicted octanol–water partition coefficient (Wildman–Crippen LogP) is 4.00. The van der Waals surface area contributed by atoms with Crippen LogP contribution in [0.1, 0.15) is 0 Å². The van der Waals surface area contributed by atoms with Gasteiger partial charge in [0.1, 0.15) is 0 Å². The summed E-state index contributed by atoms with van der Waals surface area (Å²) < 4.78 is 18.1. The minimum atomic E-state index is -0.421. The number of fused-ring (bicyclic) bond motifs is 1. The lowest BCUT2D eigenvalue weighted by atomic mass is 10.1. The average molecular weight is 406 g/mol. The van der Waals surface area contributed by atoms with Crippen LogP contribution in [0.4, 0.5) is 5.69 Å². The number of rotatable bonds is 6. The molecule has 0 unspecified atom stereocenters. The van der Waals surface area contributed by atoms with Crippen LogP contribution < -0.4 is 14.2 Å². The summed E-state index contributed by atoms with van der Waals surface area (Å²) in [5.41, 5.74) is 3.14. The van der Waals surface area contributed by atoms with E-state index in [0.717, 1.165) is 16.7 Å². The van der Waals surface area contributed by atoms with Crippen LogP contribution in [0.2, 0.25) is 0 Å². The van der Waals surface area contributed by atoms with E-state index in [1.54, 1.807) is 45.6 Å². The van der Waals surface area contributed by atoms with Crippen molar-refractivity contribution < 1.29 is 19.1 Å². The van der Waals surface area contributed by atoms with E-state index in [9.17, 15) is 10.1 Å². The van der Waals surface area contributed by atoms with E-state index in [4.69, 9.17) is 14.2 Å². The lowest BCUT2D eigenvalue weighted by molar-refractivity contribution is -0.384. The maximum absolute atomic E-state index is 10.9. The lowest BCUT2D eigenvalue weighted by Crippen LogP contribution is -1.97. The molecule has 0 aliphatic carbocycles. The first kappa shape index (κ1) is 19.2. The van der Waals surface area contributed by atoms with Crippen LogP contribution in [0.15, 0.2) is 54.7 Å². The number of nitrogens with zero attached hydrogens (tertiary/aromatic N) is 4. The van der Waals surface area contributed by atoms with Gasteiger partial charge in [0.25, 0.3) is 5.69 Å². The summed E-state index contributed by atoms with van der Waals surface area (Å²) in [6.07, 6.45) is 1.88. The highest BCUT2D eigenvalue weighted by atomic mass is 16.6. The number of hydrogen-bond donors (Lipinski definition) is 0. The Balaban J connectivity index is 1.83. The first-order valence-electron chi connectivity index (χ1n) is 8.95. The third-order valence-corrected chi connectivity index (χ3v) is 4.74. The van der Waals surface area contributed by atoms with Gasteiger partial charge in [-0.15, -0.1) is 10.2 Å². The number of nitro benzene ring substituents is 1. The molecule has 0 saturated heterocycles. The van der Waals surface area contributed by atoms with E-state index in [-0.39, 0.29) is 5.69 Å². The van der Waals surface area contributed by atoms with Crippen LogP contribution in [0.3, 0.4) is 0 Å². The van der Waals surface area contributed by atoms with E-state index >= 15 is 0 Å². The van der Waals surface area contributed by atoms with Crippen molar-refractivity contribution in [2.75, 3.05) is 21.3 Å². The molecule has 9 heteroatoms. The number of nitro groups is 1. The normalized spacial score (nSPS) is 10.8. The number of methoxy groups -OCH3 is 3. The Hall–Kier alpha value is -4.14. The van der Waals surface area contributed by atoms with Crippen LogP contribution >= 0.6 is 0 Å². The zero-order valence-corrected chi connectivity index (χ0v) is 16.5. The van der Waals surface area contributed by atoms with Crippen molar-refractivity contribution in [1.82, 2.24) is 14.6 Å². The van der Waals surface area contributed by atoms with Gasteiger partial charge in [-0.1, -0.05) is 0 Å². The van der Waals surface area contributed by atoms with Crippen LogP contribution in [0, 0.1) is 10.1 Å². The predicted molar refractivity (Wildman–Crippen MR) is 110 cm³/mol. The number of pyridine rings is 1. The molecule has 0 atom stereocenters. The number of benzene rings is 2. The fourth-order valence-electron chi connectivity index (χ4n) is 3.24. The largest absolute Gasteiger partial charge is 0.493 e. The van der Waals surface area contributed by atoms with Crippen molar-refractivity contribution in [1.29, 1.82) is 0 Å². The number of non-ortho nitro benzene ring substituents is 1. The summed E-state index contributed by atoms with van der Waals surface area (Å²) >= 11 is 0. The van der Waals surface area contributed by atoms with Gasteiger partial charge in [0.2, 0.25) is 5.75 Å². The van der Waals surface area contributed by atoms with Crippen molar-refractivity contribution in [2.24, 2.45) is 0 Å². The second-order valence-corrected chi connectivity index (χ2v) is 6.39. The zero-order valence-electron chi connectivity index (χ0n) is 16.5. The van der Waals surface area contributed by atoms with Gasteiger partial charge in [0.15, 0.2) is 23.0 Å². The SMILES string of the molecule is COc1cc(-c2nnc3ccc(-c4ccc([N+](=O)[O-])cc4)cn23)cc(OC)c1OC. The molecule has 30 heavy (non-hydrogen) atoms. The molecule has 0 aliphatic heterocycles. The van der Waals surface area contributed by atoms with Gasteiger partial charge in [-0.3, -0.25) is 14.5 Å². The Bertz CT molecular complexity index is 1210. The quantitative estimate of drug-likeness (QED) is 0.352.